The number of carbonyl (C=O) groups is 1. The number of carbonyl (C=O) groups excluding carboxylic acids is 1. The summed E-state index contributed by atoms with van der Waals surface area (Å²) >= 11 is 4.41. The second kappa shape index (κ2) is 12.0. The van der Waals surface area contributed by atoms with E-state index < -0.39 is 5.25 Å². The minimum atomic E-state index is -0.444. The number of hydrogen-bond acceptors (Lipinski definition) is 5. The molecule has 0 unspecified atom stereocenters. The van der Waals surface area contributed by atoms with Gasteiger partial charge in [0.25, 0.3) is 6.01 Å². The van der Waals surface area contributed by atoms with Gasteiger partial charge in [0.15, 0.2) is 0 Å². The molecule has 0 radical (unpaired) electrons. The Morgan fingerprint density at radius 2 is 1.94 bits per heavy atom. The van der Waals surface area contributed by atoms with Gasteiger partial charge >= 0.3 is 0 Å². The normalized spacial score (nSPS) is 12.1. The van der Waals surface area contributed by atoms with Gasteiger partial charge < -0.3 is 15.2 Å². The van der Waals surface area contributed by atoms with E-state index in [1.54, 1.807) is 16.7 Å². The summed E-state index contributed by atoms with van der Waals surface area (Å²) in [6.07, 6.45) is 0.642. The Hall–Kier alpha value is -2.84. The summed E-state index contributed by atoms with van der Waals surface area (Å²) < 4.78 is 22.9. The lowest BCUT2D eigenvalue weighted by Gasteiger charge is -2.17. The number of imidazole rings is 1. The standard InChI is InChI=1S/C26H32FN3O3S/c1-4-33-26-29-21(16-31)22(14-28-25(32)23(34)13-17(2)3)30(26)15-19-11-8-12-20(24(19)27)18-9-6-5-7-10-18/h5-12,17,23,31,34H,4,13-16H2,1-3H3,(H,28,32)/t23-/m0/s1. The SMILES string of the molecule is CCOc1nc(CO)c(CNC(=O)[C@@H](S)CC(C)C)n1Cc1cccc(-c2ccccc2)c1F. The number of rotatable bonds is 11. The summed E-state index contributed by atoms with van der Waals surface area (Å²) in [5, 5.41) is 12.3. The molecule has 3 aromatic rings. The minimum Gasteiger partial charge on any atom is -0.465 e. The van der Waals surface area contributed by atoms with E-state index in [9.17, 15) is 9.90 Å². The van der Waals surface area contributed by atoms with Gasteiger partial charge in [0.05, 0.1) is 42.9 Å². The zero-order valence-corrected chi connectivity index (χ0v) is 20.7. The fourth-order valence-electron chi connectivity index (χ4n) is 3.79. The Kier molecular flexibility index (Phi) is 9.12. The van der Waals surface area contributed by atoms with Crippen LogP contribution in [0.2, 0.25) is 0 Å². The van der Waals surface area contributed by atoms with Crippen molar-refractivity contribution in [1.82, 2.24) is 14.9 Å². The topological polar surface area (TPSA) is 76.4 Å². The third-order valence-electron chi connectivity index (χ3n) is 5.46. The lowest BCUT2D eigenvalue weighted by atomic mass is 10.0. The summed E-state index contributed by atoms with van der Waals surface area (Å²) in [6, 6.07) is 14.9. The average Bonchev–Trinajstić information content (AvgIpc) is 3.15. The van der Waals surface area contributed by atoms with Gasteiger partial charge in [0, 0.05) is 11.1 Å². The molecule has 6 nitrogen and oxygen atoms in total. The molecule has 0 spiro atoms. The molecule has 1 amide bonds. The molecular weight excluding hydrogens is 453 g/mol. The lowest BCUT2D eigenvalue weighted by molar-refractivity contribution is -0.121. The van der Waals surface area contributed by atoms with Crippen LogP contribution in [0.5, 0.6) is 6.01 Å². The number of aliphatic hydroxyl groups excluding tert-OH is 1. The molecule has 0 aliphatic heterocycles. The van der Waals surface area contributed by atoms with Crippen molar-refractivity contribution in [1.29, 1.82) is 0 Å². The molecule has 0 bridgehead atoms. The molecular formula is C26H32FN3O3S. The fourth-order valence-corrected chi connectivity index (χ4v) is 4.31. The third kappa shape index (κ3) is 6.18. The van der Waals surface area contributed by atoms with E-state index >= 15 is 4.39 Å². The van der Waals surface area contributed by atoms with Crippen molar-refractivity contribution in [2.24, 2.45) is 5.92 Å². The highest BCUT2D eigenvalue weighted by Crippen LogP contribution is 2.27. The van der Waals surface area contributed by atoms with Crippen molar-refractivity contribution in [2.75, 3.05) is 6.61 Å². The van der Waals surface area contributed by atoms with Gasteiger partial charge in [0.1, 0.15) is 5.82 Å². The quantitative estimate of drug-likeness (QED) is 0.347. The molecule has 182 valence electrons. The van der Waals surface area contributed by atoms with Crippen molar-refractivity contribution in [3.63, 3.8) is 0 Å². The third-order valence-corrected chi connectivity index (χ3v) is 5.91. The maximum atomic E-state index is 15.5. The first-order valence-electron chi connectivity index (χ1n) is 11.5. The average molecular weight is 486 g/mol. The molecule has 1 atom stereocenters. The van der Waals surface area contributed by atoms with Gasteiger partial charge in [-0.25, -0.2) is 4.39 Å². The first-order chi connectivity index (χ1) is 16.3. The number of amides is 1. The highest BCUT2D eigenvalue weighted by Gasteiger charge is 2.22. The van der Waals surface area contributed by atoms with Gasteiger partial charge in [-0.3, -0.25) is 9.36 Å². The molecule has 0 aliphatic rings. The van der Waals surface area contributed by atoms with E-state index in [4.69, 9.17) is 4.74 Å². The summed E-state index contributed by atoms with van der Waals surface area (Å²) in [7, 11) is 0. The van der Waals surface area contributed by atoms with Gasteiger partial charge in [0.2, 0.25) is 5.91 Å². The fraction of sp³-hybridized carbons (Fsp3) is 0.385. The molecule has 0 saturated heterocycles. The van der Waals surface area contributed by atoms with E-state index in [-0.39, 0.29) is 37.4 Å². The summed E-state index contributed by atoms with van der Waals surface area (Å²) in [5.74, 6) is -0.210. The Morgan fingerprint density at radius 3 is 2.59 bits per heavy atom. The Morgan fingerprint density at radius 1 is 1.21 bits per heavy atom. The Labute approximate surface area is 205 Å². The molecule has 1 heterocycles. The molecule has 0 saturated carbocycles. The van der Waals surface area contributed by atoms with E-state index in [0.717, 1.165) is 5.56 Å². The maximum absolute atomic E-state index is 15.5. The predicted molar refractivity (Wildman–Crippen MR) is 134 cm³/mol. The van der Waals surface area contributed by atoms with Gasteiger partial charge in [-0.15, -0.1) is 0 Å². The van der Waals surface area contributed by atoms with Crippen LogP contribution in [0.15, 0.2) is 48.5 Å². The van der Waals surface area contributed by atoms with Crippen LogP contribution in [0.1, 0.15) is 44.1 Å². The van der Waals surface area contributed by atoms with E-state index in [1.165, 1.54) is 0 Å². The number of benzene rings is 2. The highest BCUT2D eigenvalue weighted by atomic mass is 32.1. The van der Waals surface area contributed by atoms with E-state index in [2.05, 4.69) is 22.9 Å². The molecule has 1 aromatic heterocycles. The van der Waals surface area contributed by atoms with E-state index in [0.29, 0.717) is 41.5 Å². The van der Waals surface area contributed by atoms with Gasteiger partial charge in [-0.1, -0.05) is 62.4 Å². The number of aliphatic hydroxyl groups is 1. The van der Waals surface area contributed by atoms with Crippen LogP contribution in [0.25, 0.3) is 11.1 Å². The van der Waals surface area contributed by atoms with Crippen molar-refractivity contribution in [3.8, 4) is 17.1 Å². The molecule has 0 fully saturated rings. The van der Waals surface area contributed by atoms with E-state index in [1.807, 2.05) is 57.2 Å². The number of ether oxygens (including phenoxy) is 1. The number of thiol groups is 1. The number of nitrogens with one attached hydrogen (secondary N) is 1. The largest absolute Gasteiger partial charge is 0.465 e. The predicted octanol–water partition coefficient (Wildman–Crippen LogP) is 4.59. The second-order valence-electron chi connectivity index (χ2n) is 8.47. The first-order valence-corrected chi connectivity index (χ1v) is 12.0. The van der Waals surface area contributed by atoms with Crippen LogP contribution in [-0.2, 0) is 24.5 Å². The molecule has 8 heteroatoms. The summed E-state index contributed by atoms with van der Waals surface area (Å²) in [5.41, 5.74) is 2.67. The molecule has 0 aliphatic carbocycles. The van der Waals surface area contributed by atoms with Crippen molar-refractivity contribution < 1.29 is 19.0 Å². The zero-order valence-electron chi connectivity index (χ0n) is 19.8. The van der Waals surface area contributed by atoms with Crippen LogP contribution < -0.4 is 10.1 Å². The second-order valence-corrected chi connectivity index (χ2v) is 9.10. The monoisotopic (exact) mass is 485 g/mol. The highest BCUT2D eigenvalue weighted by molar-refractivity contribution is 7.81. The van der Waals surface area contributed by atoms with Crippen LogP contribution >= 0.6 is 12.6 Å². The molecule has 2 aromatic carbocycles. The van der Waals surface area contributed by atoms with Crippen molar-refractivity contribution in [3.05, 3.63) is 71.3 Å². The molecule has 3 rings (SSSR count). The van der Waals surface area contributed by atoms with Gasteiger partial charge in [-0.05, 0) is 24.8 Å². The smallest absolute Gasteiger partial charge is 0.297 e. The molecule has 34 heavy (non-hydrogen) atoms. The van der Waals surface area contributed by atoms with Crippen molar-refractivity contribution >= 4 is 18.5 Å². The minimum absolute atomic E-state index is 0.115. The maximum Gasteiger partial charge on any atom is 0.297 e. The van der Waals surface area contributed by atoms with Crippen LogP contribution in [0, 0.1) is 11.7 Å². The number of hydrogen-bond donors (Lipinski definition) is 3. The zero-order chi connectivity index (χ0) is 24.7. The Bertz CT molecular complexity index is 1100. The number of aromatic nitrogens is 2. The first kappa shape index (κ1) is 25.8. The Balaban J connectivity index is 1.93. The van der Waals surface area contributed by atoms with Crippen LogP contribution in [-0.4, -0.2) is 32.4 Å². The molecule has 2 N–H and O–H groups in total. The number of nitrogens with zero attached hydrogens (tertiary/aromatic N) is 2. The van der Waals surface area contributed by atoms with Crippen LogP contribution in [0.4, 0.5) is 4.39 Å². The lowest BCUT2D eigenvalue weighted by Crippen LogP contribution is -2.33. The summed E-state index contributed by atoms with van der Waals surface area (Å²) in [6.45, 7) is 6.16. The van der Waals surface area contributed by atoms with Gasteiger partial charge in [-0.2, -0.15) is 17.6 Å². The van der Waals surface area contributed by atoms with Crippen LogP contribution in [0.3, 0.4) is 0 Å². The number of halogens is 1. The summed E-state index contributed by atoms with van der Waals surface area (Å²) in [4.78, 5) is 16.9. The van der Waals surface area contributed by atoms with Crippen molar-refractivity contribution in [2.45, 2.75) is 52.1 Å².